The summed E-state index contributed by atoms with van der Waals surface area (Å²) >= 11 is 0. The van der Waals surface area contributed by atoms with E-state index in [2.05, 4.69) is 0 Å². The molecule has 0 fully saturated rings. The van der Waals surface area contributed by atoms with Gasteiger partial charge in [0.1, 0.15) is 6.54 Å². The molecule has 5 heteroatoms. The van der Waals surface area contributed by atoms with Gasteiger partial charge in [-0.1, -0.05) is 6.07 Å². The summed E-state index contributed by atoms with van der Waals surface area (Å²) in [5, 5.41) is 10.5. The number of hydrogen-bond acceptors (Lipinski definition) is 3. The zero-order chi connectivity index (χ0) is 12.3. The number of pyridine rings is 1. The van der Waals surface area contributed by atoms with Crippen LogP contribution in [-0.4, -0.2) is 4.92 Å². The second-order valence-electron chi connectivity index (χ2n) is 3.68. The van der Waals surface area contributed by atoms with Crippen LogP contribution in [0.2, 0.25) is 0 Å². The zero-order valence-corrected chi connectivity index (χ0v) is 9.11. The van der Waals surface area contributed by atoms with Gasteiger partial charge < -0.3 is 0 Å². The van der Waals surface area contributed by atoms with E-state index in [1.54, 1.807) is 12.1 Å². The molecule has 2 N–H and O–H groups in total. The highest BCUT2D eigenvalue weighted by atomic mass is 16.6. The number of non-ortho nitro benzene ring substituents is 1. The van der Waals surface area contributed by atoms with Crippen LogP contribution in [0.3, 0.4) is 0 Å². The van der Waals surface area contributed by atoms with Crippen LogP contribution in [0, 0.1) is 10.1 Å². The first-order valence-corrected chi connectivity index (χ1v) is 5.14. The molecule has 2 aromatic rings. The number of nitrogens with two attached hydrogens (primary N) is 1. The summed E-state index contributed by atoms with van der Waals surface area (Å²) in [7, 11) is 0. The van der Waals surface area contributed by atoms with E-state index in [4.69, 9.17) is 5.73 Å². The van der Waals surface area contributed by atoms with Gasteiger partial charge in [-0.25, -0.2) is 4.57 Å². The molecule has 1 aromatic heterocycles. The summed E-state index contributed by atoms with van der Waals surface area (Å²) in [5.74, 6) is 0.658. The standard InChI is InChI=1S/C12H11N3O2/c13-12-3-1-2-8-14(12)9-10-4-6-11(7-5-10)15(16)17/h1-8,13H,9H2/p+1. The van der Waals surface area contributed by atoms with Gasteiger partial charge in [-0.2, -0.15) is 0 Å². The van der Waals surface area contributed by atoms with Crippen molar-refractivity contribution < 1.29 is 9.49 Å². The number of hydrogen-bond donors (Lipinski definition) is 1. The fraction of sp³-hybridized carbons (Fsp3) is 0.0833. The minimum atomic E-state index is -0.409. The summed E-state index contributed by atoms with van der Waals surface area (Å²) in [5.41, 5.74) is 6.87. The van der Waals surface area contributed by atoms with Crippen molar-refractivity contribution in [2.24, 2.45) is 0 Å². The largest absolute Gasteiger partial charge is 0.287 e. The van der Waals surface area contributed by atoms with E-state index >= 15 is 0 Å². The molecule has 0 saturated heterocycles. The topological polar surface area (TPSA) is 73.0 Å². The summed E-state index contributed by atoms with van der Waals surface area (Å²) in [4.78, 5) is 10.1. The Morgan fingerprint density at radius 1 is 1.18 bits per heavy atom. The second kappa shape index (κ2) is 4.61. The third kappa shape index (κ3) is 2.57. The van der Waals surface area contributed by atoms with E-state index in [1.807, 2.05) is 29.0 Å². The lowest BCUT2D eigenvalue weighted by atomic mass is 10.2. The molecular weight excluding hydrogens is 218 g/mol. The molecule has 0 aliphatic carbocycles. The van der Waals surface area contributed by atoms with E-state index in [1.165, 1.54) is 12.1 Å². The van der Waals surface area contributed by atoms with Gasteiger partial charge in [0.25, 0.3) is 11.5 Å². The van der Waals surface area contributed by atoms with Crippen molar-refractivity contribution in [2.75, 3.05) is 5.73 Å². The number of anilines is 1. The Bertz CT molecular complexity index is 538. The van der Waals surface area contributed by atoms with E-state index in [0.29, 0.717) is 12.4 Å². The molecule has 0 atom stereocenters. The van der Waals surface area contributed by atoms with Gasteiger partial charge in [-0.15, -0.1) is 0 Å². The highest BCUT2D eigenvalue weighted by Crippen LogP contribution is 2.11. The van der Waals surface area contributed by atoms with Crippen LogP contribution >= 0.6 is 0 Å². The van der Waals surface area contributed by atoms with Crippen molar-refractivity contribution in [3.05, 3.63) is 64.3 Å². The van der Waals surface area contributed by atoms with Crippen molar-refractivity contribution >= 4 is 11.5 Å². The Morgan fingerprint density at radius 3 is 2.47 bits per heavy atom. The van der Waals surface area contributed by atoms with Gasteiger partial charge in [-0.3, -0.25) is 15.8 Å². The predicted molar refractivity (Wildman–Crippen MR) is 63.2 cm³/mol. The van der Waals surface area contributed by atoms with Crippen molar-refractivity contribution in [3.8, 4) is 0 Å². The van der Waals surface area contributed by atoms with Crippen LogP contribution in [0.25, 0.3) is 0 Å². The first-order valence-electron chi connectivity index (χ1n) is 5.14. The molecule has 5 nitrogen and oxygen atoms in total. The van der Waals surface area contributed by atoms with Gasteiger partial charge in [0.2, 0.25) is 0 Å². The molecule has 0 saturated carbocycles. The van der Waals surface area contributed by atoms with Crippen molar-refractivity contribution in [2.45, 2.75) is 6.54 Å². The van der Waals surface area contributed by atoms with E-state index < -0.39 is 4.92 Å². The molecule has 0 unspecified atom stereocenters. The van der Waals surface area contributed by atoms with E-state index in [9.17, 15) is 10.1 Å². The van der Waals surface area contributed by atoms with Crippen molar-refractivity contribution in [1.29, 1.82) is 0 Å². The molecule has 1 heterocycles. The number of nitrogens with zero attached hydrogens (tertiary/aromatic N) is 2. The molecule has 86 valence electrons. The first-order chi connectivity index (χ1) is 8.16. The Hall–Kier alpha value is -2.43. The van der Waals surface area contributed by atoms with Gasteiger partial charge in [-0.05, 0) is 23.8 Å². The predicted octanol–water partition coefficient (Wildman–Crippen LogP) is 1.51. The fourth-order valence-electron chi connectivity index (χ4n) is 1.55. The summed E-state index contributed by atoms with van der Waals surface area (Å²) in [6.07, 6.45) is 1.87. The highest BCUT2D eigenvalue weighted by Gasteiger charge is 2.07. The maximum atomic E-state index is 10.5. The monoisotopic (exact) mass is 230 g/mol. The maximum Gasteiger partial charge on any atom is 0.272 e. The van der Waals surface area contributed by atoms with Crippen LogP contribution in [0.15, 0.2) is 48.7 Å². The van der Waals surface area contributed by atoms with E-state index in [0.717, 1.165) is 5.56 Å². The molecule has 2 rings (SSSR count). The summed E-state index contributed by atoms with van der Waals surface area (Å²) in [6, 6.07) is 12.0. The average molecular weight is 230 g/mol. The minimum Gasteiger partial charge on any atom is -0.287 e. The minimum absolute atomic E-state index is 0.0970. The number of nitro benzene ring substituents is 1. The molecule has 1 aromatic carbocycles. The fourth-order valence-corrected chi connectivity index (χ4v) is 1.55. The third-order valence-electron chi connectivity index (χ3n) is 2.48. The smallest absolute Gasteiger partial charge is 0.272 e. The molecule has 0 radical (unpaired) electrons. The molecule has 0 aliphatic heterocycles. The first kappa shape index (κ1) is 11.1. The lowest BCUT2D eigenvalue weighted by Gasteiger charge is -2.02. The molecule has 17 heavy (non-hydrogen) atoms. The SMILES string of the molecule is Nc1cccc[n+]1Cc1ccc([N+](=O)[O-])cc1. The Morgan fingerprint density at radius 2 is 1.88 bits per heavy atom. The number of nitrogen functional groups attached to an aromatic ring is 1. The number of nitro groups is 1. The molecular formula is C12H12N3O2+. The molecule has 0 aliphatic rings. The number of aromatic nitrogens is 1. The molecule has 0 bridgehead atoms. The number of rotatable bonds is 3. The van der Waals surface area contributed by atoms with Gasteiger partial charge in [0.05, 0.1) is 11.1 Å². The average Bonchev–Trinajstić information content (AvgIpc) is 2.33. The Labute approximate surface area is 98.3 Å². The van der Waals surface area contributed by atoms with Crippen molar-refractivity contribution in [1.82, 2.24) is 0 Å². The quantitative estimate of drug-likeness (QED) is 0.493. The molecule has 0 spiro atoms. The van der Waals surface area contributed by atoms with Gasteiger partial charge >= 0.3 is 0 Å². The summed E-state index contributed by atoms with van der Waals surface area (Å²) < 4.78 is 1.88. The maximum absolute atomic E-state index is 10.5. The van der Waals surface area contributed by atoms with Crippen LogP contribution in [0.1, 0.15) is 5.56 Å². The lowest BCUT2D eigenvalue weighted by molar-refractivity contribution is -0.674. The normalized spacial score (nSPS) is 10.1. The van der Waals surface area contributed by atoms with Gasteiger partial charge in [0, 0.05) is 18.2 Å². The number of benzene rings is 1. The lowest BCUT2D eigenvalue weighted by Crippen LogP contribution is -2.36. The van der Waals surface area contributed by atoms with E-state index in [-0.39, 0.29) is 5.69 Å². The Balaban J connectivity index is 2.20. The van der Waals surface area contributed by atoms with Crippen LogP contribution < -0.4 is 10.3 Å². The highest BCUT2D eigenvalue weighted by molar-refractivity contribution is 5.32. The second-order valence-corrected chi connectivity index (χ2v) is 3.68. The zero-order valence-electron chi connectivity index (χ0n) is 9.11. The van der Waals surface area contributed by atoms with Crippen LogP contribution in [0.5, 0.6) is 0 Å². The van der Waals surface area contributed by atoms with Crippen molar-refractivity contribution in [3.63, 3.8) is 0 Å². The molecule has 0 amide bonds. The van der Waals surface area contributed by atoms with Crippen LogP contribution in [0.4, 0.5) is 11.5 Å². The van der Waals surface area contributed by atoms with Gasteiger partial charge in [0.15, 0.2) is 0 Å². The third-order valence-corrected chi connectivity index (χ3v) is 2.48. The van der Waals surface area contributed by atoms with Crippen LogP contribution in [-0.2, 0) is 6.54 Å². The Kier molecular flexibility index (Phi) is 3.00. The summed E-state index contributed by atoms with van der Waals surface area (Å²) in [6.45, 7) is 0.602.